The molecule has 0 saturated carbocycles. The Morgan fingerprint density at radius 2 is 1.86 bits per heavy atom. The second-order valence-electron chi connectivity index (χ2n) is 6.88. The van der Waals surface area contributed by atoms with Gasteiger partial charge in [-0.3, -0.25) is 9.78 Å². The van der Waals surface area contributed by atoms with Crippen LogP contribution in [-0.2, 0) is 6.42 Å². The highest BCUT2D eigenvalue weighted by Gasteiger charge is 2.15. The number of benzene rings is 2. The maximum absolute atomic E-state index is 14.3. The topological polar surface area (TPSA) is 54.9 Å². The Bertz CT molecular complexity index is 1180. The van der Waals surface area contributed by atoms with Crippen LogP contribution in [0, 0.1) is 12.7 Å². The van der Waals surface area contributed by atoms with Crippen molar-refractivity contribution in [2.75, 3.05) is 6.54 Å². The first kappa shape index (κ1) is 18.7. The van der Waals surface area contributed by atoms with E-state index in [-0.39, 0.29) is 11.7 Å². The summed E-state index contributed by atoms with van der Waals surface area (Å²) < 4.78 is 14.3. The Labute approximate surface area is 168 Å². The lowest BCUT2D eigenvalue weighted by Crippen LogP contribution is -2.26. The van der Waals surface area contributed by atoms with Gasteiger partial charge in [0.05, 0.1) is 16.8 Å². The molecule has 4 aromatic rings. The number of halogens is 1. The Morgan fingerprint density at radius 3 is 2.66 bits per heavy atom. The molecule has 0 bridgehead atoms. The first-order chi connectivity index (χ1) is 14.1. The molecule has 0 unspecified atom stereocenters. The summed E-state index contributed by atoms with van der Waals surface area (Å²) in [5, 5.41) is 3.70. The van der Waals surface area contributed by atoms with Gasteiger partial charge in [-0.2, -0.15) is 0 Å². The molecule has 0 aliphatic heterocycles. The Hall–Kier alpha value is -3.60. The second kappa shape index (κ2) is 8.19. The molecule has 2 aromatic heterocycles. The molecule has 0 spiro atoms. The zero-order chi connectivity index (χ0) is 20.2. The third kappa shape index (κ3) is 4.14. The van der Waals surface area contributed by atoms with E-state index in [2.05, 4.69) is 15.3 Å². The monoisotopic (exact) mass is 385 g/mol. The van der Waals surface area contributed by atoms with Gasteiger partial charge in [0, 0.05) is 35.8 Å². The Morgan fingerprint density at radius 1 is 1.03 bits per heavy atom. The van der Waals surface area contributed by atoms with E-state index in [4.69, 9.17) is 0 Å². The van der Waals surface area contributed by atoms with Crippen molar-refractivity contribution in [3.63, 3.8) is 0 Å². The number of carbonyl (C=O) groups excluding carboxylic acids is 1. The minimum Gasteiger partial charge on any atom is -0.352 e. The number of rotatable bonds is 5. The fourth-order valence-corrected chi connectivity index (χ4v) is 3.28. The molecule has 144 valence electrons. The molecule has 2 aromatic carbocycles. The van der Waals surface area contributed by atoms with Crippen molar-refractivity contribution in [3.05, 3.63) is 95.6 Å². The number of aromatic nitrogens is 2. The molecule has 5 heteroatoms. The standard InChI is InChI=1S/C24H20FN3O/c1-16-9-10-22-19(14-16)20(15-23(28-22)18-7-2-3-8-21(18)25)24(29)27-13-11-17-6-4-5-12-26-17/h2-10,12,14-15H,11,13H2,1H3,(H,27,29). The summed E-state index contributed by atoms with van der Waals surface area (Å²) in [7, 11) is 0. The zero-order valence-electron chi connectivity index (χ0n) is 16.0. The Kier molecular flexibility index (Phi) is 5.29. The molecule has 4 nitrogen and oxygen atoms in total. The molecule has 2 heterocycles. The van der Waals surface area contributed by atoms with E-state index < -0.39 is 0 Å². The highest BCUT2D eigenvalue weighted by Crippen LogP contribution is 2.27. The lowest BCUT2D eigenvalue weighted by Gasteiger charge is -2.12. The zero-order valence-corrected chi connectivity index (χ0v) is 16.0. The van der Waals surface area contributed by atoms with Gasteiger partial charge in [-0.25, -0.2) is 9.37 Å². The fourth-order valence-electron chi connectivity index (χ4n) is 3.28. The quantitative estimate of drug-likeness (QED) is 0.541. The molecular weight excluding hydrogens is 365 g/mol. The number of nitrogens with one attached hydrogen (secondary N) is 1. The van der Waals surface area contributed by atoms with E-state index in [1.165, 1.54) is 6.07 Å². The average Bonchev–Trinajstić information content (AvgIpc) is 2.74. The summed E-state index contributed by atoms with van der Waals surface area (Å²) in [4.78, 5) is 21.8. The van der Waals surface area contributed by atoms with Gasteiger partial charge in [-0.1, -0.05) is 29.8 Å². The van der Waals surface area contributed by atoms with Crippen LogP contribution in [0.1, 0.15) is 21.6 Å². The summed E-state index contributed by atoms with van der Waals surface area (Å²) in [6.45, 7) is 2.42. The number of amides is 1. The van der Waals surface area contributed by atoms with E-state index >= 15 is 0 Å². The van der Waals surface area contributed by atoms with Crippen LogP contribution in [0.5, 0.6) is 0 Å². The average molecular weight is 385 g/mol. The van der Waals surface area contributed by atoms with Crippen molar-refractivity contribution in [1.82, 2.24) is 15.3 Å². The third-order valence-corrected chi connectivity index (χ3v) is 4.75. The van der Waals surface area contributed by atoms with Crippen molar-refractivity contribution in [2.45, 2.75) is 13.3 Å². The number of hydrogen-bond donors (Lipinski definition) is 1. The number of nitrogens with zero attached hydrogens (tertiary/aromatic N) is 2. The molecular formula is C24H20FN3O. The second-order valence-corrected chi connectivity index (χ2v) is 6.88. The van der Waals surface area contributed by atoms with E-state index in [1.807, 2.05) is 43.3 Å². The minimum atomic E-state index is -0.368. The molecule has 0 aliphatic carbocycles. The first-order valence-electron chi connectivity index (χ1n) is 9.46. The van der Waals surface area contributed by atoms with Crippen LogP contribution >= 0.6 is 0 Å². The summed E-state index contributed by atoms with van der Waals surface area (Å²) in [6.07, 6.45) is 2.37. The van der Waals surface area contributed by atoms with Crippen molar-refractivity contribution < 1.29 is 9.18 Å². The van der Waals surface area contributed by atoms with Crippen molar-refractivity contribution in [1.29, 1.82) is 0 Å². The lowest BCUT2D eigenvalue weighted by atomic mass is 10.0. The van der Waals surface area contributed by atoms with Crippen molar-refractivity contribution in [2.24, 2.45) is 0 Å². The molecule has 1 amide bonds. The first-order valence-corrected chi connectivity index (χ1v) is 9.46. The van der Waals surface area contributed by atoms with E-state index in [1.54, 1.807) is 30.5 Å². The predicted octanol–water partition coefficient (Wildman–Crippen LogP) is 4.72. The van der Waals surface area contributed by atoms with Gasteiger partial charge in [0.2, 0.25) is 0 Å². The van der Waals surface area contributed by atoms with Gasteiger partial charge in [-0.05, 0) is 49.4 Å². The van der Waals surface area contributed by atoms with E-state index in [0.29, 0.717) is 35.3 Å². The summed E-state index contributed by atoms with van der Waals surface area (Å²) in [5.74, 6) is -0.579. The van der Waals surface area contributed by atoms with Gasteiger partial charge in [0.1, 0.15) is 5.82 Å². The number of fused-ring (bicyclic) bond motifs is 1. The number of hydrogen-bond acceptors (Lipinski definition) is 3. The normalized spacial score (nSPS) is 10.8. The van der Waals surface area contributed by atoms with Crippen LogP contribution in [0.25, 0.3) is 22.2 Å². The highest BCUT2D eigenvalue weighted by molar-refractivity contribution is 6.07. The van der Waals surface area contributed by atoms with Crippen LogP contribution in [0.2, 0.25) is 0 Å². The van der Waals surface area contributed by atoms with Gasteiger partial charge >= 0.3 is 0 Å². The SMILES string of the molecule is Cc1ccc2nc(-c3ccccc3F)cc(C(=O)NCCc3ccccn3)c2c1. The van der Waals surface area contributed by atoms with Crippen LogP contribution in [-0.4, -0.2) is 22.4 Å². The number of carbonyl (C=O) groups is 1. The molecule has 4 rings (SSSR count). The smallest absolute Gasteiger partial charge is 0.252 e. The van der Waals surface area contributed by atoms with Gasteiger partial charge < -0.3 is 5.32 Å². The third-order valence-electron chi connectivity index (χ3n) is 4.75. The van der Waals surface area contributed by atoms with Gasteiger partial charge in [0.25, 0.3) is 5.91 Å². The van der Waals surface area contributed by atoms with Crippen LogP contribution in [0.15, 0.2) is 72.9 Å². The summed E-state index contributed by atoms with van der Waals surface area (Å²) in [5.41, 5.74) is 3.90. The summed E-state index contributed by atoms with van der Waals surface area (Å²) in [6, 6.07) is 19.5. The molecule has 0 radical (unpaired) electrons. The Balaban J connectivity index is 1.68. The lowest BCUT2D eigenvalue weighted by molar-refractivity contribution is 0.0955. The van der Waals surface area contributed by atoms with Gasteiger partial charge in [0.15, 0.2) is 0 Å². The maximum Gasteiger partial charge on any atom is 0.252 e. The summed E-state index contributed by atoms with van der Waals surface area (Å²) >= 11 is 0. The number of pyridine rings is 2. The van der Waals surface area contributed by atoms with Gasteiger partial charge in [-0.15, -0.1) is 0 Å². The van der Waals surface area contributed by atoms with Crippen molar-refractivity contribution in [3.8, 4) is 11.3 Å². The molecule has 29 heavy (non-hydrogen) atoms. The highest BCUT2D eigenvalue weighted by atomic mass is 19.1. The van der Waals surface area contributed by atoms with Crippen LogP contribution in [0.4, 0.5) is 4.39 Å². The van der Waals surface area contributed by atoms with Crippen LogP contribution < -0.4 is 5.32 Å². The minimum absolute atomic E-state index is 0.212. The van der Waals surface area contributed by atoms with E-state index in [9.17, 15) is 9.18 Å². The fraction of sp³-hybridized carbons (Fsp3) is 0.125. The maximum atomic E-state index is 14.3. The molecule has 0 fully saturated rings. The molecule has 0 aliphatic rings. The molecule has 0 atom stereocenters. The van der Waals surface area contributed by atoms with Crippen molar-refractivity contribution >= 4 is 16.8 Å². The largest absolute Gasteiger partial charge is 0.352 e. The number of aryl methyl sites for hydroxylation is 1. The molecule has 1 N–H and O–H groups in total. The van der Waals surface area contributed by atoms with E-state index in [0.717, 1.165) is 16.6 Å². The predicted molar refractivity (Wildman–Crippen MR) is 112 cm³/mol. The molecule has 0 saturated heterocycles. The van der Waals surface area contributed by atoms with Crippen LogP contribution in [0.3, 0.4) is 0 Å².